The van der Waals surface area contributed by atoms with Gasteiger partial charge in [-0.3, -0.25) is 14.6 Å². The molecule has 6 nitrogen and oxygen atoms in total. The highest BCUT2D eigenvalue weighted by Gasteiger charge is 2.38. The van der Waals surface area contributed by atoms with Crippen molar-refractivity contribution in [2.75, 3.05) is 0 Å². The SMILES string of the molecule is O=C(Cc1cnc2ccccc2c1)ON1C(=O)c2ccccc2C1=O. The largest absolute Gasteiger partial charge is 0.337 e. The second kappa shape index (κ2) is 5.83. The number of rotatable bonds is 3. The van der Waals surface area contributed by atoms with Gasteiger partial charge < -0.3 is 4.84 Å². The smallest absolute Gasteiger partial charge is 0.329 e. The second-order valence-corrected chi connectivity index (χ2v) is 5.63. The summed E-state index contributed by atoms with van der Waals surface area (Å²) in [5, 5.41) is 1.41. The quantitative estimate of drug-likeness (QED) is 0.689. The fourth-order valence-electron chi connectivity index (χ4n) is 2.76. The molecule has 25 heavy (non-hydrogen) atoms. The van der Waals surface area contributed by atoms with Crippen LogP contribution in [-0.4, -0.2) is 27.8 Å². The average molecular weight is 332 g/mol. The summed E-state index contributed by atoms with van der Waals surface area (Å²) in [6, 6.07) is 15.7. The number of benzene rings is 2. The van der Waals surface area contributed by atoms with E-state index in [2.05, 4.69) is 4.98 Å². The maximum absolute atomic E-state index is 12.2. The number of para-hydroxylation sites is 1. The van der Waals surface area contributed by atoms with Gasteiger partial charge in [0.25, 0.3) is 11.8 Å². The highest BCUT2D eigenvalue weighted by atomic mass is 16.7. The Morgan fingerprint density at radius 3 is 2.32 bits per heavy atom. The molecule has 0 spiro atoms. The van der Waals surface area contributed by atoms with Crippen molar-refractivity contribution >= 4 is 28.7 Å². The van der Waals surface area contributed by atoms with Gasteiger partial charge in [-0.2, -0.15) is 0 Å². The van der Waals surface area contributed by atoms with Gasteiger partial charge in [0.2, 0.25) is 0 Å². The van der Waals surface area contributed by atoms with Gasteiger partial charge in [0.15, 0.2) is 0 Å². The number of amides is 2. The van der Waals surface area contributed by atoms with E-state index in [4.69, 9.17) is 4.84 Å². The van der Waals surface area contributed by atoms with E-state index in [0.29, 0.717) is 10.6 Å². The van der Waals surface area contributed by atoms with Crippen LogP contribution in [0.3, 0.4) is 0 Å². The Bertz CT molecular complexity index is 994. The number of aromatic nitrogens is 1. The summed E-state index contributed by atoms with van der Waals surface area (Å²) < 4.78 is 0. The predicted molar refractivity (Wildman–Crippen MR) is 88.5 cm³/mol. The molecular weight excluding hydrogens is 320 g/mol. The van der Waals surface area contributed by atoms with Gasteiger partial charge in [0.05, 0.1) is 23.1 Å². The first-order valence-electron chi connectivity index (χ1n) is 7.66. The molecule has 0 radical (unpaired) electrons. The number of nitrogens with zero attached hydrogens (tertiary/aromatic N) is 2. The van der Waals surface area contributed by atoms with E-state index >= 15 is 0 Å². The first kappa shape index (κ1) is 15.0. The third-order valence-electron chi connectivity index (χ3n) is 3.95. The summed E-state index contributed by atoms with van der Waals surface area (Å²) in [7, 11) is 0. The molecule has 0 atom stereocenters. The third-order valence-corrected chi connectivity index (χ3v) is 3.95. The highest BCUT2D eigenvalue weighted by molar-refractivity contribution is 6.20. The van der Waals surface area contributed by atoms with E-state index in [1.54, 1.807) is 18.3 Å². The fraction of sp³-hybridized carbons (Fsp3) is 0.0526. The molecular formula is C19H12N2O4. The van der Waals surface area contributed by atoms with Crippen LogP contribution in [0.5, 0.6) is 0 Å². The van der Waals surface area contributed by atoms with Crippen molar-refractivity contribution < 1.29 is 19.2 Å². The minimum atomic E-state index is -0.702. The molecule has 1 aliphatic heterocycles. The minimum Gasteiger partial charge on any atom is -0.329 e. The van der Waals surface area contributed by atoms with Crippen molar-refractivity contribution in [2.45, 2.75) is 6.42 Å². The van der Waals surface area contributed by atoms with Crippen LogP contribution in [0.25, 0.3) is 10.9 Å². The number of hydroxylamine groups is 2. The van der Waals surface area contributed by atoms with Gasteiger partial charge >= 0.3 is 5.97 Å². The van der Waals surface area contributed by atoms with Crippen LogP contribution < -0.4 is 0 Å². The molecule has 1 aliphatic rings. The Morgan fingerprint density at radius 2 is 1.60 bits per heavy atom. The topological polar surface area (TPSA) is 76.6 Å². The molecule has 0 N–H and O–H groups in total. The zero-order valence-electron chi connectivity index (χ0n) is 13.0. The zero-order chi connectivity index (χ0) is 17.4. The number of pyridine rings is 1. The summed E-state index contributed by atoms with van der Waals surface area (Å²) in [5.41, 5.74) is 1.92. The predicted octanol–water partition coefficient (Wildman–Crippen LogP) is 2.53. The van der Waals surface area contributed by atoms with Gasteiger partial charge in [-0.05, 0) is 29.8 Å². The van der Waals surface area contributed by atoms with Gasteiger partial charge in [-0.25, -0.2) is 4.79 Å². The van der Waals surface area contributed by atoms with Crippen LogP contribution in [0.1, 0.15) is 26.3 Å². The Kier molecular flexibility index (Phi) is 3.50. The standard InChI is InChI=1S/C19H12N2O4/c22-17(10-12-9-13-5-1-4-8-16(13)20-11-12)25-21-18(23)14-6-2-3-7-15(14)19(21)24/h1-9,11H,10H2. The molecule has 0 aliphatic carbocycles. The van der Waals surface area contributed by atoms with Crippen LogP contribution >= 0.6 is 0 Å². The van der Waals surface area contributed by atoms with E-state index in [-0.39, 0.29) is 17.5 Å². The molecule has 0 saturated carbocycles. The summed E-state index contributed by atoms with van der Waals surface area (Å²) >= 11 is 0. The Balaban J connectivity index is 1.51. The Morgan fingerprint density at radius 1 is 0.960 bits per heavy atom. The average Bonchev–Trinajstić information content (AvgIpc) is 2.87. The molecule has 0 saturated heterocycles. The van der Waals surface area contributed by atoms with Gasteiger partial charge in [-0.15, -0.1) is 0 Å². The van der Waals surface area contributed by atoms with E-state index in [9.17, 15) is 14.4 Å². The molecule has 0 fully saturated rings. The third kappa shape index (κ3) is 2.63. The first-order valence-corrected chi connectivity index (χ1v) is 7.66. The molecule has 2 heterocycles. The van der Waals surface area contributed by atoms with Gasteiger partial charge in [0, 0.05) is 11.6 Å². The van der Waals surface area contributed by atoms with Crippen LogP contribution in [0.15, 0.2) is 60.8 Å². The van der Waals surface area contributed by atoms with Gasteiger partial charge in [-0.1, -0.05) is 35.4 Å². The molecule has 0 bridgehead atoms. The normalized spacial score (nSPS) is 13.2. The van der Waals surface area contributed by atoms with Gasteiger partial charge in [0.1, 0.15) is 0 Å². The van der Waals surface area contributed by atoms with Crippen molar-refractivity contribution in [3.05, 3.63) is 77.5 Å². The summed E-state index contributed by atoms with van der Waals surface area (Å²) in [6.07, 6.45) is 1.48. The number of hydrogen-bond donors (Lipinski definition) is 0. The molecule has 122 valence electrons. The van der Waals surface area contributed by atoms with Crippen molar-refractivity contribution in [2.24, 2.45) is 0 Å². The van der Waals surface area contributed by atoms with Crippen molar-refractivity contribution in [3.8, 4) is 0 Å². The van der Waals surface area contributed by atoms with Crippen LogP contribution in [0, 0.1) is 0 Å². The minimum absolute atomic E-state index is 0.0920. The van der Waals surface area contributed by atoms with E-state index < -0.39 is 17.8 Å². The first-order chi connectivity index (χ1) is 12.1. The lowest BCUT2D eigenvalue weighted by Gasteiger charge is -2.12. The Labute approximate surface area is 142 Å². The monoisotopic (exact) mass is 332 g/mol. The highest BCUT2D eigenvalue weighted by Crippen LogP contribution is 2.23. The van der Waals surface area contributed by atoms with Crippen LogP contribution in [0.2, 0.25) is 0 Å². The van der Waals surface area contributed by atoms with Crippen molar-refractivity contribution in [1.29, 1.82) is 0 Å². The molecule has 6 heteroatoms. The maximum atomic E-state index is 12.2. The van der Waals surface area contributed by atoms with E-state index in [1.165, 1.54) is 12.1 Å². The molecule has 4 rings (SSSR count). The number of carbonyl (C=O) groups excluding carboxylic acids is 3. The molecule has 1 aromatic heterocycles. The maximum Gasteiger partial charge on any atom is 0.337 e. The van der Waals surface area contributed by atoms with E-state index in [1.807, 2.05) is 30.3 Å². The summed E-state index contributed by atoms with van der Waals surface area (Å²) in [6.45, 7) is 0. The summed E-state index contributed by atoms with van der Waals surface area (Å²) in [4.78, 5) is 45.8. The Hall–Kier alpha value is -3.54. The fourth-order valence-corrected chi connectivity index (χ4v) is 2.76. The lowest BCUT2D eigenvalue weighted by molar-refractivity contribution is -0.167. The number of fused-ring (bicyclic) bond motifs is 2. The van der Waals surface area contributed by atoms with Crippen molar-refractivity contribution in [3.63, 3.8) is 0 Å². The van der Waals surface area contributed by atoms with Crippen LogP contribution in [0.4, 0.5) is 0 Å². The van der Waals surface area contributed by atoms with E-state index in [0.717, 1.165) is 10.9 Å². The molecule has 0 unspecified atom stereocenters. The van der Waals surface area contributed by atoms with Crippen molar-refractivity contribution in [1.82, 2.24) is 10.0 Å². The number of carbonyl (C=O) groups is 3. The number of hydrogen-bond acceptors (Lipinski definition) is 5. The lowest BCUT2D eigenvalue weighted by atomic mass is 10.1. The summed E-state index contributed by atoms with van der Waals surface area (Å²) in [5.74, 6) is -1.97. The van der Waals surface area contributed by atoms with Crippen LogP contribution in [-0.2, 0) is 16.1 Å². The second-order valence-electron chi connectivity index (χ2n) is 5.63. The zero-order valence-corrected chi connectivity index (χ0v) is 13.0. The molecule has 2 aromatic carbocycles. The molecule has 2 amide bonds. The molecule has 3 aromatic rings. The lowest BCUT2D eigenvalue weighted by Crippen LogP contribution is -2.33. The number of imide groups is 1.